The maximum absolute atomic E-state index is 14.6. The Morgan fingerprint density at radius 3 is 2.50 bits per heavy atom. The van der Waals surface area contributed by atoms with Crippen LogP contribution in [0.25, 0.3) is 11.2 Å². The Morgan fingerprint density at radius 2 is 1.88 bits per heavy atom. The Hall–Kier alpha value is -2.92. The number of anilines is 1. The van der Waals surface area contributed by atoms with E-state index < -0.39 is 17.8 Å². The molecule has 0 aliphatic carbocycles. The molecule has 2 fully saturated rings. The summed E-state index contributed by atoms with van der Waals surface area (Å²) in [5, 5.41) is 0. The summed E-state index contributed by atoms with van der Waals surface area (Å²) in [5.41, 5.74) is 1.19. The molecular weight excluding hydrogens is 521 g/mol. The first kappa shape index (κ1) is 28.6. The fraction of sp³-hybridized carbons (Fsp3) is 0.621. The molecule has 40 heavy (non-hydrogen) atoms. The topological polar surface area (TPSA) is 68.4 Å². The number of fused-ring (bicyclic) bond motifs is 1. The van der Waals surface area contributed by atoms with Crippen LogP contribution in [0.15, 0.2) is 23.0 Å². The maximum Gasteiger partial charge on any atom is 0.350 e. The van der Waals surface area contributed by atoms with Crippen molar-refractivity contribution in [2.24, 2.45) is 13.0 Å². The van der Waals surface area contributed by atoms with Crippen LogP contribution in [0.3, 0.4) is 0 Å². The summed E-state index contributed by atoms with van der Waals surface area (Å²) in [6.45, 7) is 12.8. The number of alkyl halides is 2. The summed E-state index contributed by atoms with van der Waals surface area (Å²) in [5.74, 6) is 0.615. The van der Waals surface area contributed by atoms with E-state index in [0.29, 0.717) is 36.5 Å². The monoisotopic (exact) mass is 560 g/mol. The highest BCUT2D eigenvalue weighted by Gasteiger charge is 2.37. The van der Waals surface area contributed by atoms with Crippen LogP contribution in [0.5, 0.6) is 0 Å². The molecule has 4 atom stereocenters. The minimum atomic E-state index is -2.85. The van der Waals surface area contributed by atoms with E-state index in [1.54, 1.807) is 17.7 Å². The van der Waals surface area contributed by atoms with Gasteiger partial charge >= 0.3 is 5.69 Å². The van der Waals surface area contributed by atoms with Crippen molar-refractivity contribution in [2.75, 3.05) is 24.6 Å². The van der Waals surface area contributed by atoms with E-state index in [-0.39, 0.29) is 35.8 Å². The Kier molecular flexibility index (Phi) is 7.98. The third kappa shape index (κ3) is 5.13. The highest BCUT2D eigenvalue weighted by molar-refractivity contribution is 5.84. The van der Waals surface area contributed by atoms with Crippen LogP contribution in [0.4, 0.5) is 19.0 Å². The zero-order valence-electron chi connectivity index (χ0n) is 24.1. The number of aryl methyl sites for hydroxylation is 2. The first-order valence-electron chi connectivity index (χ1n) is 14.1. The van der Waals surface area contributed by atoms with E-state index >= 15 is 0 Å². The molecule has 1 aromatic carbocycles. The number of ether oxygens (including phenoxy) is 1. The van der Waals surface area contributed by atoms with Crippen molar-refractivity contribution in [1.29, 1.82) is 0 Å². The summed E-state index contributed by atoms with van der Waals surface area (Å²) in [4.78, 5) is 26.9. The highest BCUT2D eigenvalue weighted by Crippen LogP contribution is 2.37. The molecule has 0 amide bonds. The van der Waals surface area contributed by atoms with Crippen LogP contribution in [0.1, 0.15) is 70.0 Å². The van der Waals surface area contributed by atoms with E-state index in [4.69, 9.17) is 9.72 Å². The molecule has 0 spiro atoms. The molecule has 11 heteroatoms. The quantitative estimate of drug-likeness (QED) is 0.406. The van der Waals surface area contributed by atoms with Gasteiger partial charge in [0, 0.05) is 44.9 Å². The summed E-state index contributed by atoms with van der Waals surface area (Å²) in [6.07, 6.45) is -0.747. The molecule has 0 saturated carbocycles. The molecule has 4 heterocycles. The molecule has 5 rings (SSSR count). The second-order valence-corrected chi connectivity index (χ2v) is 11.7. The molecule has 0 radical (unpaired) electrons. The average Bonchev–Trinajstić information content (AvgIpc) is 3.51. The lowest BCUT2D eigenvalue weighted by Gasteiger charge is -2.49. The van der Waals surface area contributed by atoms with Crippen LogP contribution in [0.2, 0.25) is 0 Å². The number of nitrogens with zero attached hydrogens (tertiary/aromatic N) is 6. The first-order chi connectivity index (χ1) is 19.0. The van der Waals surface area contributed by atoms with Gasteiger partial charge in [0.25, 0.3) is 6.43 Å². The van der Waals surface area contributed by atoms with Gasteiger partial charge in [-0.1, -0.05) is 26.0 Å². The summed E-state index contributed by atoms with van der Waals surface area (Å²) in [6, 6.07) is 3.89. The molecule has 0 N–H and O–H groups in total. The van der Waals surface area contributed by atoms with E-state index in [1.165, 1.54) is 12.1 Å². The van der Waals surface area contributed by atoms with Crippen molar-refractivity contribution in [1.82, 2.24) is 24.0 Å². The predicted octanol–water partition coefficient (Wildman–Crippen LogP) is 4.99. The number of halogens is 3. The molecule has 2 aromatic heterocycles. The van der Waals surface area contributed by atoms with Crippen LogP contribution >= 0.6 is 0 Å². The normalized spacial score (nSPS) is 23.2. The molecule has 2 aliphatic heterocycles. The molecule has 2 saturated heterocycles. The number of benzene rings is 1. The smallest absolute Gasteiger partial charge is 0.350 e. The largest absolute Gasteiger partial charge is 0.376 e. The highest BCUT2D eigenvalue weighted by atomic mass is 19.3. The SMILES string of the molecule is Cc1nc2c(N3C[C@@H](C)N([C@H](c4ccc(C(F)F)c(F)c4)C(C)C)C[C@@H]3C)nc(=O)n(C)c2n1C[C@@H]1CCCO1. The first-order valence-corrected chi connectivity index (χ1v) is 14.1. The van der Waals surface area contributed by atoms with E-state index in [0.717, 1.165) is 30.9 Å². The zero-order chi connectivity index (χ0) is 28.9. The van der Waals surface area contributed by atoms with Gasteiger partial charge in [0.2, 0.25) is 0 Å². The third-order valence-corrected chi connectivity index (χ3v) is 8.46. The van der Waals surface area contributed by atoms with Gasteiger partial charge in [-0.3, -0.25) is 9.47 Å². The van der Waals surface area contributed by atoms with Gasteiger partial charge in [-0.25, -0.2) is 22.9 Å². The Balaban J connectivity index is 1.47. The lowest BCUT2D eigenvalue weighted by molar-refractivity contribution is 0.0818. The lowest BCUT2D eigenvalue weighted by Crippen LogP contribution is -2.58. The van der Waals surface area contributed by atoms with Gasteiger partial charge in [0.15, 0.2) is 5.82 Å². The maximum atomic E-state index is 14.6. The number of aromatic nitrogens is 4. The van der Waals surface area contributed by atoms with Crippen LogP contribution < -0.4 is 10.6 Å². The van der Waals surface area contributed by atoms with Gasteiger partial charge in [0.1, 0.15) is 22.8 Å². The van der Waals surface area contributed by atoms with E-state index in [9.17, 15) is 18.0 Å². The number of piperazine rings is 1. The summed E-state index contributed by atoms with van der Waals surface area (Å²) < 4.78 is 50.4. The Bertz CT molecular complexity index is 1430. The molecule has 0 bridgehead atoms. The molecular formula is C29H39F3N6O2. The second kappa shape index (κ2) is 11.2. The zero-order valence-corrected chi connectivity index (χ0v) is 24.1. The van der Waals surface area contributed by atoms with E-state index in [2.05, 4.69) is 47.0 Å². The van der Waals surface area contributed by atoms with Crippen molar-refractivity contribution in [3.8, 4) is 0 Å². The molecule has 2 aliphatic rings. The molecule has 0 unspecified atom stereocenters. The van der Waals surface area contributed by atoms with Crippen molar-refractivity contribution < 1.29 is 17.9 Å². The fourth-order valence-corrected chi connectivity index (χ4v) is 6.46. The number of hydrogen-bond acceptors (Lipinski definition) is 6. The number of hydrogen-bond donors (Lipinski definition) is 0. The van der Waals surface area contributed by atoms with Crippen molar-refractivity contribution in [3.63, 3.8) is 0 Å². The Labute approximate surface area is 232 Å². The van der Waals surface area contributed by atoms with Crippen molar-refractivity contribution >= 4 is 17.0 Å². The van der Waals surface area contributed by atoms with Crippen LogP contribution in [-0.2, 0) is 18.3 Å². The van der Waals surface area contributed by atoms with Gasteiger partial charge in [-0.05, 0) is 51.2 Å². The summed E-state index contributed by atoms with van der Waals surface area (Å²) in [7, 11) is 1.73. The third-order valence-electron chi connectivity index (χ3n) is 8.46. The predicted molar refractivity (Wildman–Crippen MR) is 148 cm³/mol. The van der Waals surface area contributed by atoms with E-state index in [1.807, 2.05) is 6.92 Å². The number of rotatable bonds is 7. The van der Waals surface area contributed by atoms with Gasteiger partial charge in [0.05, 0.1) is 18.2 Å². The van der Waals surface area contributed by atoms with Gasteiger partial charge in [-0.2, -0.15) is 4.98 Å². The summed E-state index contributed by atoms with van der Waals surface area (Å²) >= 11 is 0. The molecule has 3 aromatic rings. The minimum Gasteiger partial charge on any atom is -0.376 e. The van der Waals surface area contributed by atoms with Gasteiger partial charge in [-0.15, -0.1) is 0 Å². The minimum absolute atomic E-state index is 0.0115. The fourth-order valence-electron chi connectivity index (χ4n) is 6.46. The van der Waals surface area contributed by atoms with Crippen molar-refractivity contribution in [3.05, 3.63) is 51.5 Å². The average molecular weight is 561 g/mol. The van der Waals surface area contributed by atoms with Crippen LogP contribution in [0, 0.1) is 18.7 Å². The Morgan fingerprint density at radius 1 is 1.12 bits per heavy atom. The van der Waals surface area contributed by atoms with Crippen LogP contribution in [-0.4, -0.2) is 61.9 Å². The van der Waals surface area contributed by atoms with Gasteiger partial charge < -0.3 is 14.2 Å². The molecule has 8 nitrogen and oxygen atoms in total. The lowest BCUT2D eigenvalue weighted by atomic mass is 9.90. The standard InChI is InChI=1S/C29H39F3N6O2/c1-16(2)25(20-9-10-22(26(31)32)23(30)12-20)36-13-18(4)37(14-17(36)3)27-24-28(35(6)29(39)34-27)38(19(5)33-24)15-21-8-7-11-40-21/h9-10,12,16-18,21,25-26H,7-8,11,13-15H2,1-6H3/t17-,18+,21+,25+/m1/s1. The van der Waals surface area contributed by atoms with Crippen molar-refractivity contribution in [2.45, 2.75) is 84.7 Å². The number of imidazole rings is 1. The molecule has 218 valence electrons. The second-order valence-electron chi connectivity index (χ2n) is 11.7.